The van der Waals surface area contributed by atoms with Gasteiger partial charge in [-0.1, -0.05) is 30.3 Å². The van der Waals surface area contributed by atoms with Crippen molar-refractivity contribution >= 4 is 19.1 Å². The number of rotatable bonds is 9. The molecule has 2 aliphatic heterocycles. The van der Waals surface area contributed by atoms with Crippen molar-refractivity contribution in [3.05, 3.63) is 47.5 Å². The largest absolute Gasteiger partial charge is 0.475 e. The Kier molecular flexibility index (Phi) is 9.87. The lowest BCUT2D eigenvalue weighted by atomic mass is 9.76. The zero-order valence-electron chi connectivity index (χ0n) is 21.8. The summed E-state index contributed by atoms with van der Waals surface area (Å²) in [4.78, 5) is 29.0. The standard InChI is InChI=1S/C26H35BF2N4O5/c1-25(2,32-13-10-26(28,29)11-14-32)16-20(17-30)23(34)33-12-6-9-21(33)18-38-24(35)31-22(27(36)37)15-19-7-4-3-5-8-19/h3-5,7-8,16,21-22,36-37H,6,9-15,18H2,1-2H3,(H,31,35)/b20-16-/t21-,22+/m1/s1. The highest BCUT2D eigenvalue weighted by atomic mass is 19.3. The van der Waals surface area contributed by atoms with Crippen molar-refractivity contribution in [3.63, 3.8) is 0 Å². The molecule has 3 rings (SSSR count). The van der Waals surface area contributed by atoms with Gasteiger partial charge in [0.1, 0.15) is 18.2 Å². The minimum absolute atomic E-state index is 0.0880. The lowest BCUT2D eigenvalue weighted by molar-refractivity contribution is -0.128. The molecule has 0 aromatic heterocycles. The zero-order chi connectivity index (χ0) is 27.9. The number of benzene rings is 1. The number of nitriles is 1. The van der Waals surface area contributed by atoms with E-state index in [9.17, 15) is 33.7 Å². The summed E-state index contributed by atoms with van der Waals surface area (Å²) in [6.07, 6.45) is 1.55. The van der Waals surface area contributed by atoms with Crippen LogP contribution in [0.4, 0.5) is 13.6 Å². The molecule has 0 unspecified atom stereocenters. The molecule has 0 aliphatic carbocycles. The summed E-state index contributed by atoms with van der Waals surface area (Å²) in [6, 6.07) is 10.5. The van der Waals surface area contributed by atoms with Crippen LogP contribution in [0.2, 0.25) is 0 Å². The van der Waals surface area contributed by atoms with Crippen LogP contribution >= 0.6 is 0 Å². The smallest absolute Gasteiger partial charge is 0.447 e. The number of carbonyl (C=O) groups is 2. The Balaban J connectivity index is 1.58. The Morgan fingerprint density at radius 1 is 1.26 bits per heavy atom. The van der Waals surface area contributed by atoms with E-state index in [0.29, 0.717) is 19.4 Å². The van der Waals surface area contributed by atoms with Crippen LogP contribution in [0.15, 0.2) is 42.0 Å². The third kappa shape index (κ3) is 8.00. The van der Waals surface area contributed by atoms with Gasteiger partial charge in [-0.25, -0.2) is 13.6 Å². The predicted octanol–water partition coefficient (Wildman–Crippen LogP) is 2.29. The fraction of sp³-hybridized carbons (Fsp3) is 0.577. The molecule has 12 heteroatoms. The average Bonchev–Trinajstić information content (AvgIpc) is 3.34. The maximum Gasteiger partial charge on any atom is 0.475 e. The van der Waals surface area contributed by atoms with Crippen molar-refractivity contribution in [1.29, 1.82) is 5.26 Å². The van der Waals surface area contributed by atoms with E-state index in [-0.39, 0.29) is 44.5 Å². The summed E-state index contributed by atoms with van der Waals surface area (Å²) in [5.74, 6) is -4.19. The van der Waals surface area contributed by atoms with Gasteiger partial charge in [0.2, 0.25) is 0 Å². The number of piperidine rings is 1. The van der Waals surface area contributed by atoms with E-state index >= 15 is 0 Å². The van der Waals surface area contributed by atoms with Gasteiger partial charge < -0.3 is 25.0 Å². The Labute approximate surface area is 222 Å². The number of ether oxygens (including phenoxy) is 1. The number of hydrogen-bond donors (Lipinski definition) is 3. The van der Waals surface area contributed by atoms with Crippen LogP contribution in [0.3, 0.4) is 0 Å². The number of nitrogens with zero attached hydrogens (tertiary/aromatic N) is 3. The molecule has 9 nitrogen and oxygen atoms in total. The van der Waals surface area contributed by atoms with E-state index in [1.54, 1.807) is 38.1 Å². The first kappa shape index (κ1) is 29.5. The van der Waals surface area contributed by atoms with Crippen LogP contribution < -0.4 is 5.32 Å². The van der Waals surface area contributed by atoms with Crippen LogP contribution in [-0.4, -0.2) is 88.7 Å². The first-order valence-corrected chi connectivity index (χ1v) is 12.8. The van der Waals surface area contributed by atoms with Crippen molar-refractivity contribution < 1.29 is 33.2 Å². The summed E-state index contributed by atoms with van der Waals surface area (Å²) in [6.45, 7) is 4.16. The van der Waals surface area contributed by atoms with E-state index < -0.39 is 42.6 Å². The van der Waals surface area contributed by atoms with Crippen molar-refractivity contribution in [2.24, 2.45) is 0 Å². The molecule has 1 aromatic carbocycles. The Morgan fingerprint density at radius 2 is 1.92 bits per heavy atom. The van der Waals surface area contributed by atoms with Crippen LogP contribution in [0.25, 0.3) is 0 Å². The number of alkyl halides is 2. The second-order valence-electron chi connectivity index (χ2n) is 10.4. The number of carbonyl (C=O) groups excluding carboxylic acids is 2. The Morgan fingerprint density at radius 3 is 2.53 bits per heavy atom. The molecule has 3 N–H and O–H groups in total. The minimum Gasteiger partial charge on any atom is -0.447 e. The first-order valence-electron chi connectivity index (χ1n) is 12.8. The highest BCUT2D eigenvalue weighted by molar-refractivity contribution is 6.43. The van der Waals surface area contributed by atoms with Gasteiger partial charge >= 0.3 is 13.2 Å². The first-order chi connectivity index (χ1) is 17.9. The fourth-order valence-electron chi connectivity index (χ4n) is 4.89. The van der Waals surface area contributed by atoms with Gasteiger partial charge in [-0.2, -0.15) is 5.26 Å². The maximum absolute atomic E-state index is 13.6. The molecule has 2 amide bonds. The lowest BCUT2D eigenvalue weighted by Crippen LogP contribution is -2.50. The molecular weight excluding hydrogens is 497 g/mol. The molecular formula is C26H35BF2N4O5. The molecule has 38 heavy (non-hydrogen) atoms. The molecule has 2 saturated heterocycles. The minimum atomic E-state index is -2.70. The second kappa shape index (κ2) is 12.7. The number of amides is 2. The molecule has 206 valence electrons. The second-order valence-corrected chi connectivity index (χ2v) is 10.4. The molecule has 2 fully saturated rings. The topological polar surface area (TPSA) is 126 Å². The molecule has 0 spiro atoms. The van der Waals surface area contributed by atoms with E-state index in [0.717, 1.165) is 5.56 Å². The number of likely N-dealkylation sites (tertiary alicyclic amines) is 2. The molecule has 0 bridgehead atoms. The third-order valence-electron chi connectivity index (χ3n) is 7.16. The molecule has 2 atom stereocenters. The van der Waals surface area contributed by atoms with Crippen molar-refractivity contribution in [1.82, 2.24) is 15.1 Å². The summed E-state index contributed by atoms with van der Waals surface area (Å²) >= 11 is 0. The lowest BCUT2D eigenvalue weighted by Gasteiger charge is -2.41. The quantitative estimate of drug-likeness (QED) is 0.253. The Hall–Kier alpha value is -3.01. The van der Waals surface area contributed by atoms with Gasteiger partial charge in [-0.05, 0) is 44.7 Å². The van der Waals surface area contributed by atoms with Gasteiger partial charge in [-0.15, -0.1) is 0 Å². The molecule has 0 radical (unpaired) electrons. The molecule has 2 aliphatic rings. The van der Waals surface area contributed by atoms with Crippen LogP contribution in [0, 0.1) is 11.3 Å². The predicted molar refractivity (Wildman–Crippen MR) is 137 cm³/mol. The van der Waals surface area contributed by atoms with Gasteiger partial charge in [0.05, 0.1) is 12.0 Å². The highest BCUT2D eigenvalue weighted by Crippen LogP contribution is 2.32. The van der Waals surface area contributed by atoms with E-state index in [4.69, 9.17) is 4.74 Å². The number of alkyl carbamates (subject to hydrolysis) is 1. The number of hydrogen-bond acceptors (Lipinski definition) is 7. The summed E-state index contributed by atoms with van der Waals surface area (Å²) in [5, 5.41) is 31.5. The van der Waals surface area contributed by atoms with Gasteiger partial charge in [0.25, 0.3) is 11.8 Å². The highest BCUT2D eigenvalue weighted by Gasteiger charge is 2.39. The summed E-state index contributed by atoms with van der Waals surface area (Å²) < 4.78 is 32.5. The van der Waals surface area contributed by atoms with E-state index in [2.05, 4.69) is 5.32 Å². The monoisotopic (exact) mass is 532 g/mol. The van der Waals surface area contributed by atoms with Crippen molar-refractivity contribution in [2.75, 3.05) is 26.2 Å². The molecule has 2 heterocycles. The zero-order valence-corrected chi connectivity index (χ0v) is 21.8. The van der Waals surface area contributed by atoms with Crippen molar-refractivity contribution in [2.45, 2.75) is 69.4 Å². The summed E-state index contributed by atoms with van der Waals surface area (Å²) in [7, 11) is -1.80. The normalized spacial score (nSPS) is 20.9. The molecule has 1 aromatic rings. The van der Waals surface area contributed by atoms with Gasteiger partial charge in [0.15, 0.2) is 0 Å². The van der Waals surface area contributed by atoms with Crippen molar-refractivity contribution in [3.8, 4) is 6.07 Å². The fourth-order valence-corrected chi connectivity index (χ4v) is 4.89. The van der Waals surface area contributed by atoms with E-state index in [1.165, 1.54) is 11.0 Å². The van der Waals surface area contributed by atoms with E-state index in [1.807, 2.05) is 17.0 Å². The van der Waals surface area contributed by atoms with Crippen LogP contribution in [0.1, 0.15) is 45.1 Å². The number of nitrogens with one attached hydrogen (secondary N) is 1. The Bertz CT molecular complexity index is 1040. The average molecular weight is 532 g/mol. The SMILES string of the molecule is CC(C)(/C=C(/C#N)C(=O)N1CCC[C@@H]1COC(=O)N[C@@H](Cc1ccccc1)B(O)O)N1CCC(F)(F)CC1. The molecule has 0 saturated carbocycles. The number of halogens is 2. The summed E-state index contributed by atoms with van der Waals surface area (Å²) in [5.41, 5.74) is -0.0627. The van der Waals surface area contributed by atoms with Gasteiger partial charge in [0, 0.05) is 38.0 Å². The van der Waals surface area contributed by atoms with Crippen LogP contribution in [-0.2, 0) is 16.0 Å². The van der Waals surface area contributed by atoms with Gasteiger partial charge in [-0.3, -0.25) is 9.69 Å². The third-order valence-corrected chi connectivity index (χ3v) is 7.16. The maximum atomic E-state index is 13.6. The van der Waals surface area contributed by atoms with Crippen LogP contribution in [0.5, 0.6) is 0 Å².